The van der Waals surface area contributed by atoms with Crippen LogP contribution in [-0.4, -0.2) is 41.8 Å². The molecule has 11 heteroatoms. The Kier molecular flexibility index (Phi) is 4.32. The number of benzene rings is 1. The van der Waals surface area contributed by atoms with E-state index in [0.29, 0.717) is 3.57 Å². The molecular weight excluding hydrogens is 415 g/mol. The second-order valence-corrected chi connectivity index (χ2v) is 6.57. The SMILES string of the molecule is COc1n[nH]c(NS(=O)(=O)c2ccc(I)c(C(=O)O)c2)n1. The maximum atomic E-state index is 12.2. The van der Waals surface area contributed by atoms with Crippen molar-refractivity contribution < 1.29 is 23.1 Å². The highest BCUT2D eigenvalue weighted by atomic mass is 127. The molecule has 0 saturated heterocycles. The smallest absolute Gasteiger partial charge is 0.336 e. The second-order valence-electron chi connectivity index (χ2n) is 3.72. The Labute approximate surface area is 132 Å². The van der Waals surface area contributed by atoms with E-state index >= 15 is 0 Å². The van der Waals surface area contributed by atoms with E-state index in [0.717, 1.165) is 6.07 Å². The summed E-state index contributed by atoms with van der Waals surface area (Å²) in [4.78, 5) is 14.6. The van der Waals surface area contributed by atoms with Crippen molar-refractivity contribution in [3.05, 3.63) is 27.3 Å². The normalized spacial score (nSPS) is 11.1. The monoisotopic (exact) mass is 424 g/mol. The topological polar surface area (TPSA) is 134 Å². The Hall–Kier alpha value is -1.89. The molecule has 0 saturated carbocycles. The molecule has 2 aromatic rings. The fourth-order valence-electron chi connectivity index (χ4n) is 1.40. The van der Waals surface area contributed by atoms with Gasteiger partial charge < -0.3 is 9.84 Å². The minimum Gasteiger partial charge on any atom is -0.478 e. The molecule has 0 aliphatic heterocycles. The molecule has 3 N–H and O–H groups in total. The highest BCUT2D eigenvalue weighted by molar-refractivity contribution is 14.1. The average molecular weight is 424 g/mol. The number of hydrogen-bond donors (Lipinski definition) is 3. The van der Waals surface area contributed by atoms with Crippen LogP contribution in [-0.2, 0) is 10.0 Å². The van der Waals surface area contributed by atoms with Crippen molar-refractivity contribution >= 4 is 44.5 Å². The standard InChI is InChI=1S/C10H9IN4O5S/c1-20-10-12-9(13-14-10)15-21(18,19)5-2-3-7(11)6(4-5)8(16)17/h2-4H,1H3,(H,16,17)(H2,12,13,14,15). The Morgan fingerprint density at radius 2 is 2.19 bits per heavy atom. The van der Waals surface area contributed by atoms with Crippen LogP contribution in [0.15, 0.2) is 23.1 Å². The van der Waals surface area contributed by atoms with Gasteiger partial charge in [-0.15, -0.1) is 5.10 Å². The minimum atomic E-state index is -3.99. The maximum Gasteiger partial charge on any atom is 0.336 e. The van der Waals surface area contributed by atoms with E-state index < -0.39 is 16.0 Å². The molecule has 0 bridgehead atoms. The third-order valence-electron chi connectivity index (χ3n) is 2.36. The number of halogens is 1. The molecule has 0 aliphatic carbocycles. The summed E-state index contributed by atoms with van der Waals surface area (Å²) in [5.41, 5.74) is -0.103. The summed E-state index contributed by atoms with van der Waals surface area (Å²) in [6, 6.07) is 3.74. The molecule has 112 valence electrons. The van der Waals surface area contributed by atoms with Crippen LogP contribution in [0.25, 0.3) is 0 Å². The van der Waals surface area contributed by atoms with Crippen molar-refractivity contribution in [1.82, 2.24) is 15.2 Å². The van der Waals surface area contributed by atoms with Crippen molar-refractivity contribution in [3.8, 4) is 6.01 Å². The van der Waals surface area contributed by atoms with Crippen molar-refractivity contribution in [2.45, 2.75) is 4.90 Å². The number of rotatable bonds is 5. The van der Waals surface area contributed by atoms with Crippen LogP contribution >= 0.6 is 22.6 Å². The van der Waals surface area contributed by atoms with Gasteiger partial charge in [0.05, 0.1) is 17.6 Å². The number of anilines is 1. The van der Waals surface area contributed by atoms with E-state index in [9.17, 15) is 13.2 Å². The van der Waals surface area contributed by atoms with Crippen LogP contribution < -0.4 is 9.46 Å². The lowest BCUT2D eigenvalue weighted by molar-refractivity contribution is 0.0695. The molecule has 0 spiro atoms. The number of carboxylic acids is 1. The molecule has 2 rings (SSSR count). The number of carbonyl (C=O) groups is 1. The first-order valence-electron chi connectivity index (χ1n) is 5.35. The van der Waals surface area contributed by atoms with Crippen molar-refractivity contribution in [1.29, 1.82) is 0 Å². The first-order chi connectivity index (χ1) is 9.83. The van der Waals surface area contributed by atoms with Crippen LogP contribution in [0.2, 0.25) is 0 Å². The number of aromatic nitrogens is 3. The van der Waals surface area contributed by atoms with Gasteiger partial charge >= 0.3 is 12.0 Å². The van der Waals surface area contributed by atoms with Gasteiger partial charge in [0.2, 0.25) is 5.95 Å². The highest BCUT2D eigenvalue weighted by Crippen LogP contribution is 2.20. The summed E-state index contributed by atoms with van der Waals surface area (Å²) in [6.45, 7) is 0. The van der Waals surface area contributed by atoms with E-state index in [1.807, 2.05) is 22.6 Å². The van der Waals surface area contributed by atoms with Gasteiger partial charge in [0.15, 0.2) is 0 Å². The number of nitrogens with one attached hydrogen (secondary N) is 2. The maximum absolute atomic E-state index is 12.2. The van der Waals surface area contributed by atoms with Gasteiger partial charge in [0.25, 0.3) is 10.0 Å². The molecule has 9 nitrogen and oxygen atoms in total. The molecule has 1 heterocycles. The van der Waals surface area contributed by atoms with Gasteiger partial charge in [0, 0.05) is 3.57 Å². The van der Waals surface area contributed by atoms with Gasteiger partial charge in [-0.25, -0.2) is 23.0 Å². The van der Waals surface area contributed by atoms with Gasteiger partial charge in [0.1, 0.15) is 0 Å². The first-order valence-corrected chi connectivity index (χ1v) is 7.92. The molecule has 1 aromatic heterocycles. The summed E-state index contributed by atoms with van der Waals surface area (Å²) in [6.07, 6.45) is 0. The number of H-pyrrole nitrogens is 1. The molecule has 0 radical (unpaired) electrons. The largest absolute Gasteiger partial charge is 0.478 e. The molecular formula is C10H9IN4O5S. The van der Waals surface area contributed by atoms with Crippen LogP contribution in [0.3, 0.4) is 0 Å². The number of nitrogens with zero attached hydrogens (tertiary/aromatic N) is 2. The molecule has 0 atom stereocenters. The lowest BCUT2D eigenvalue weighted by Crippen LogP contribution is -2.15. The molecule has 21 heavy (non-hydrogen) atoms. The number of aromatic amines is 1. The Morgan fingerprint density at radius 3 is 2.76 bits per heavy atom. The molecule has 0 fully saturated rings. The van der Waals surface area contributed by atoms with E-state index in [-0.39, 0.29) is 22.4 Å². The molecule has 0 unspecified atom stereocenters. The Balaban J connectivity index is 2.35. The summed E-state index contributed by atoms with van der Waals surface area (Å²) >= 11 is 1.81. The van der Waals surface area contributed by atoms with Crippen LogP contribution in [0, 0.1) is 3.57 Å². The minimum absolute atomic E-state index is 0.0264. The molecule has 0 amide bonds. The zero-order chi connectivity index (χ0) is 15.6. The Bertz CT molecular complexity index is 788. The van der Waals surface area contributed by atoms with Gasteiger partial charge in [-0.1, -0.05) is 0 Å². The van der Waals surface area contributed by atoms with Crippen molar-refractivity contribution in [2.24, 2.45) is 0 Å². The first kappa shape index (κ1) is 15.5. The van der Waals surface area contributed by atoms with Gasteiger partial charge in [-0.2, -0.15) is 4.98 Å². The highest BCUT2D eigenvalue weighted by Gasteiger charge is 2.20. The van der Waals surface area contributed by atoms with E-state index in [2.05, 4.69) is 19.9 Å². The van der Waals surface area contributed by atoms with Crippen molar-refractivity contribution in [3.63, 3.8) is 0 Å². The number of methoxy groups -OCH3 is 1. The molecule has 0 aliphatic rings. The summed E-state index contributed by atoms with van der Waals surface area (Å²) < 4.78 is 31.6. The third-order valence-corrected chi connectivity index (χ3v) is 4.63. The van der Waals surface area contributed by atoms with Crippen LogP contribution in [0.4, 0.5) is 5.95 Å². The van der Waals surface area contributed by atoms with E-state index in [1.54, 1.807) is 0 Å². The number of sulfonamides is 1. The predicted octanol–water partition coefficient (Wildman–Crippen LogP) is 0.917. The lowest BCUT2D eigenvalue weighted by Gasteiger charge is -2.06. The summed E-state index contributed by atoms with van der Waals surface area (Å²) in [5.74, 6) is -1.35. The number of hydrogen-bond acceptors (Lipinski definition) is 6. The fourth-order valence-corrected chi connectivity index (χ4v) is 2.96. The molecule has 1 aromatic carbocycles. The average Bonchev–Trinajstić information content (AvgIpc) is 2.85. The van der Waals surface area contributed by atoms with E-state index in [4.69, 9.17) is 9.84 Å². The quantitative estimate of drug-likeness (QED) is 0.608. The number of ether oxygens (including phenoxy) is 1. The zero-order valence-electron chi connectivity index (χ0n) is 10.5. The van der Waals surface area contributed by atoms with Crippen LogP contribution in [0.1, 0.15) is 10.4 Å². The zero-order valence-corrected chi connectivity index (χ0v) is 13.5. The fraction of sp³-hybridized carbons (Fsp3) is 0.100. The lowest BCUT2D eigenvalue weighted by atomic mass is 10.2. The number of carboxylic acid groups (broad SMARTS) is 1. The summed E-state index contributed by atoms with van der Waals surface area (Å²) in [5, 5.41) is 14.9. The summed E-state index contributed by atoms with van der Waals surface area (Å²) in [7, 11) is -2.65. The van der Waals surface area contributed by atoms with E-state index in [1.165, 1.54) is 19.2 Å². The Morgan fingerprint density at radius 1 is 1.48 bits per heavy atom. The van der Waals surface area contributed by atoms with Crippen molar-refractivity contribution in [2.75, 3.05) is 11.8 Å². The predicted molar refractivity (Wildman–Crippen MR) is 79.9 cm³/mol. The second kappa shape index (κ2) is 5.85. The number of aromatic carboxylic acids is 1. The van der Waals surface area contributed by atoms with Crippen LogP contribution in [0.5, 0.6) is 6.01 Å². The third kappa shape index (κ3) is 3.41. The van der Waals surface area contributed by atoms with Gasteiger partial charge in [-0.05, 0) is 40.8 Å². The van der Waals surface area contributed by atoms with Gasteiger partial charge in [-0.3, -0.25) is 0 Å².